The molecular weight excluding hydrogens is 425 g/mol. The lowest BCUT2D eigenvalue weighted by molar-refractivity contribution is 0.102. The number of ether oxygens (including phenoxy) is 1. The molecule has 0 spiro atoms. The van der Waals surface area contributed by atoms with Crippen LogP contribution in [-0.4, -0.2) is 27.5 Å². The lowest BCUT2D eigenvalue weighted by Crippen LogP contribution is -2.14. The quantitative estimate of drug-likeness (QED) is 0.532. The Kier molecular flexibility index (Phi) is 6.51. The third-order valence-electron chi connectivity index (χ3n) is 4.10. The molecule has 160 valence electrons. The number of nitrogens with one attached hydrogen (secondary N) is 3. The van der Waals surface area contributed by atoms with Gasteiger partial charge in [-0.15, -0.1) is 0 Å². The first-order valence-electron chi connectivity index (χ1n) is 8.92. The molecule has 3 rings (SSSR count). The van der Waals surface area contributed by atoms with Gasteiger partial charge in [0.2, 0.25) is 0 Å². The van der Waals surface area contributed by atoms with E-state index in [1.807, 2.05) is 0 Å². The zero-order valence-corrected chi connectivity index (χ0v) is 17.1. The first kappa shape index (κ1) is 21.8. The maximum Gasteiger partial charge on any atom is 0.411 e. The summed E-state index contributed by atoms with van der Waals surface area (Å²) in [5.74, 6) is -0.940. The molecule has 31 heavy (non-hydrogen) atoms. The molecule has 0 unspecified atom stereocenters. The van der Waals surface area contributed by atoms with Gasteiger partial charge in [0.25, 0.3) is 15.9 Å². The maximum absolute atomic E-state index is 13.0. The number of amides is 2. The average molecular weight is 443 g/mol. The molecule has 0 bridgehead atoms. The van der Waals surface area contributed by atoms with Gasteiger partial charge >= 0.3 is 6.09 Å². The first-order chi connectivity index (χ1) is 14.8. The SMILES string of the molecule is COC(=O)Nc1ccc(NC(=O)c2ccc(NS(=O)(=O)c3ccc(F)cc3)cc2)cc1. The molecule has 0 saturated carbocycles. The van der Waals surface area contributed by atoms with E-state index in [9.17, 15) is 22.4 Å². The minimum absolute atomic E-state index is 0.0825. The van der Waals surface area contributed by atoms with Crippen LogP contribution in [0.3, 0.4) is 0 Å². The van der Waals surface area contributed by atoms with Crippen molar-refractivity contribution in [1.29, 1.82) is 0 Å². The number of hydrogen-bond donors (Lipinski definition) is 3. The van der Waals surface area contributed by atoms with Gasteiger partial charge in [-0.2, -0.15) is 0 Å². The Balaban J connectivity index is 1.63. The smallest absolute Gasteiger partial charge is 0.411 e. The first-order valence-corrected chi connectivity index (χ1v) is 10.4. The molecule has 0 heterocycles. The van der Waals surface area contributed by atoms with Crippen molar-refractivity contribution in [3.05, 3.63) is 84.2 Å². The number of carbonyl (C=O) groups excluding carboxylic acids is 2. The van der Waals surface area contributed by atoms with Crippen LogP contribution in [0.2, 0.25) is 0 Å². The molecule has 2 amide bonds. The molecule has 3 aromatic carbocycles. The van der Waals surface area contributed by atoms with Crippen molar-refractivity contribution in [3.63, 3.8) is 0 Å². The second-order valence-electron chi connectivity index (χ2n) is 6.28. The standard InChI is InChI=1S/C21H18FN3O5S/c1-30-21(27)24-17-10-8-16(9-11-17)23-20(26)14-2-6-18(7-3-14)25-31(28,29)19-12-4-15(22)5-13-19/h2-13,25H,1H3,(H,23,26)(H,24,27). The Labute approximate surface area is 178 Å². The van der Waals surface area contributed by atoms with E-state index in [1.54, 1.807) is 24.3 Å². The highest BCUT2D eigenvalue weighted by Gasteiger charge is 2.15. The van der Waals surface area contributed by atoms with Crippen molar-refractivity contribution in [2.75, 3.05) is 22.5 Å². The molecule has 0 aromatic heterocycles. The molecule has 0 atom stereocenters. The van der Waals surface area contributed by atoms with Crippen LogP contribution in [0.25, 0.3) is 0 Å². The summed E-state index contributed by atoms with van der Waals surface area (Å²) in [6.45, 7) is 0. The largest absolute Gasteiger partial charge is 0.453 e. The summed E-state index contributed by atoms with van der Waals surface area (Å²) in [5, 5.41) is 5.19. The fourth-order valence-electron chi connectivity index (χ4n) is 2.53. The van der Waals surface area contributed by atoms with Gasteiger partial charge in [0.1, 0.15) is 5.82 Å². The minimum Gasteiger partial charge on any atom is -0.453 e. The number of anilines is 3. The predicted molar refractivity (Wildman–Crippen MR) is 114 cm³/mol. The summed E-state index contributed by atoms with van der Waals surface area (Å²) in [6.07, 6.45) is -0.605. The molecule has 0 radical (unpaired) electrons. The maximum atomic E-state index is 13.0. The summed E-state index contributed by atoms with van der Waals surface area (Å²) < 4.78 is 44.5. The predicted octanol–water partition coefficient (Wildman–Crippen LogP) is 4.06. The van der Waals surface area contributed by atoms with Gasteiger partial charge in [0.05, 0.1) is 12.0 Å². The van der Waals surface area contributed by atoms with Gasteiger partial charge in [-0.25, -0.2) is 17.6 Å². The fourth-order valence-corrected chi connectivity index (χ4v) is 3.59. The van der Waals surface area contributed by atoms with E-state index in [1.165, 1.54) is 31.4 Å². The molecule has 3 aromatic rings. The molecule has 0 aliphatic rings. The van der Waals surface area contributed by atoms with E-state index in [0.717, 1.165) is 24.3 Å². The topological polar surface area (TPSA) is 114 Å². The van der Waals surface area contributed by atoms with Crippen molar-refractivity contribution < 1.29 is 27.1 Å². The third-order valence-corrected chi connectivity index (χ3v) is 5.50. The summed E-state index contributed by atoms with van der Waals surface area (Å²) in [5.41, 5.74) is 1.56. The second-order valence-corrected chi connectivity index (χ2v) is 7.97. The van der Waals surface area contributed by atoms with Gasteiger partial charge in [0.15, 0.2) is 0 Å². The molecule has 10 heteroatoms. The number of carbonyl (C=O) groups is 2. The molecule has 0 aliphatic carbocycles. The highest BCUT2D eigenvalue weighted by Crippen LogP contribution is 2.19. The number of sulfonamides is 1. The van der Waals surface area contributed by atoms with Crippen molar-refractivity contribution in [3.8, 4) is 0 Å². The highest BCUT2D eigenvalue weighted by molar-refractivity contribution is 7.92. The third kappa shape index (κ3) is 5.80. The van der Waals surface area contributed by atoms with Crippen molar-refractivity contribution in [1.82, 2.24) is 0 Å². The van der Waals surface area contributed by atoms with Crippen LogP contribution < -0.4 is 15.4 Å². The molecule has 0 fully saturated rings. The monoisotopic (exact) mass is 443 g/mol. The molecule has 3 N–H and O–H groups in total. The lowest BCUT2D eigenvalue weighted by atomic mass is 10.2. The van der Waals surface area contributed by atoms with Gasteiger partial charge in [-0.05, 0) is 72.8 Å². The van der Waals surface area contributed by atoms with E-state index < -0.39 is 27.8 Å². The molecule has 0 aliphatic heterocycles. The molecule has 0 saturated heterocycles. The van der Waals surface area contributed by atoms with Crippen molar-refractivity contribution >= 4 is 39.1 Å². The van der Waals surface area contributed by atoms with Crippen LogP contribution in [0.5, 0.6) is 0 Å². The Morgan fingerprint density at radius 2 is 1.29 bits per heavy atom. The van der Waals surface area contributed by atoms with Crippen molar-refractivity contribution in [2.45, 2.75) is 4.90 Å². The summed E-state index contributed by atoms with van der Waals surface area (Å²) in [7, 11) is -2.63. The van der Waals surface area contributed by atoms with E-state index >= 15 is 0 Å². The average Bonchev–Trinajstić information content (AvgIpc) is 2.75. The molecular formula is C21H18FN3O5S. The Morgan fingerprint density at radius 1 is 0.774 bits per heavy atom. The van der Waals surface area contributed by atoms with E-state index in [2.05, 4.69) is 20.1 Å². The summed E-state index contributed by atoms with van der Waals surface area (Å²) >= 11 is 0. The van der Waals surface area contributed by atoms with Gasteiger partial charge in [-0.1, -0.05) is 0 Å². The second kappa shape index (κ2) is 9.26. The van der Waals surface area contributed by atoms with Gasteiger partial charge in [-0.3, -0.25) is 14.8 Å². The van der Waals surface area contributed by atoms with E-state index in [0.29, 0.717) is 16.9 Å². The van der Waals surface area contributed by atoms with Crippen LogP contribution in [0.4, 0.5) is 26.2 Å². The zero-order chi connectivity index (χ0) is 22.4. The fraction of sp³-hybridized carbons (Fsp3) is 0.0476. The van der Waals surface area contributed by atoms with Crippen LogP contribution in [0, 0.1) is 5.82 Å². The Bertz CT molecular complexity index is 1180. The molecule has 8 nitrogen and oxygen atoms in total. The number of benzene rings is 3. The Morgan fingerprint density at radius 3 is 1.84 bits per heavy atom. The van der Waals surface area contributed by atoms with E-state index in [4.69, 9.17) is 0 Å². The minimum atomic E-state index is -3.88. The van der Waals surface area contributed by atoms with Crippen molar-refractivity contribution in [2.24, 2.45) is 0 Å². The highest BCUT2D eigenvalue weighted by atomic mass is 32.2. The normalized spacial score (nSPS) is 10.8. The van der Waals surface area contributed by atoms with Crippen LogP contribution >= 0.6 is 0 Å². The lowest BCUT2D eigenvalue weighted by Gasteiger charge is -2.10. The number of hydrogen-bond acceptors (Lipinski definition) is 5. The zero-order valence-electron chi connectivity index (χ0n) is 16.3. The Hall–Kier alpha value is -3.92. The number of rotatable bonds is 6. The van der Waals surface area contributed by atoms with Crippen LogP contribution in [0.1, 0.15) is 10.4 Å². The van der Waals surface area contributed by atoms with Crippen LogP contribution in [0.15, 0.2) is 77.7 Å². The summed E-state index contributed by atoms with van der Waals surface area (Å²) in [6, 6.07) is 16.6. The van der Waals surface area contributed by atoms with Gasteiger partial charge in [0, 0.05) is 22.6 Å². The summed E-state index contributed by atoms with van der Waals surface area (Å²) in [4.78, 5) is 23.5. The number of methoxy groups -OCH3 is 1. The van der Waals surface area contributed by atoms with E-state index in [-0.39, 0.29) is 10.6 Å². The number of halogens is 1. The van der Waals surface area contributed by atoms with Gasteiger partial charge < -0.3 is 10.1 Å². The van der Waals surface area contributed by atoms with Crippen LogP contribution in [-0.2, 0) is 14.8 Å².